The van der Waals surface area contributed by atoms with Crippen LogP contribution < -0.4 is 10.1 Å². The van der Waals surface area contributed by atoms with Crippen LogP contribution in [0.15, 0.2) is 18.2 Å². The standard InChI is InChI=1S/C15H19N3OS/c1-3-7-16-14(15-10(2)17-18-20-15)12-4-5-13-11(9-12)6-8-19-13/h4-5,9,14,16H,3,6-8H2,1-2H3. The molecule has 4 nitrogen and oxygen atoms in total. The van der Waals surface area contributed by atoms with Gasteiger partial charge in [-0.3, -0.25) is 0 Å². The lowest BCUT2D eigenvalue weighted by Gasteiger charge is -2.18. The number of rotatable bonds is 5. The normalized spacial score (nSPS) is 14.9. The minimum absolute atomic E-state index is 0.181. The van der Waals surface area contributed by atoms with Gasteiger partial charge in [-0.15, -0.1) is 5.10 Å². The molecule has 0 amide bonds. The van der Waals surface area contributed by atoms with E-state index < -0.39 is 0 Å². The van der Waals surface area contributed by atoms with Gasteiger partial charge in [-0.2, -0.15) is 0 Å². The van der Waals surface area contributed by atoms with Crippen molar-refractivity contribution >= 4 is 11.5 Å². The molecule has 106 valence electrons. The Labute approximate surface area is 123 Å². The number of benzene rings is 1. The summed E-state index contributed by atoms with van der Waals surface area (Å²) in [5.74, 6) is 1.03. The summed E-state index contributed by atoms with van der Waals surface area (Å²) < 4.78 is 9.66. The molecule has 0 spiro atoms. The fraction of sp³-hybridized carbons (Fsp3) is 0.467. The summed E-state index contributed by atoms with van der Waals surface area (Å²) in [6, 6.07) is 6.67. The zero-order valence-corrected chi connectivity index (χ0v) is 12.7. The van der Waals surface area contributed by atoms with Gasteiger partial charge in [0.05, 0.1) is 23.2 Å². The van der Waals surface area contributed by atoms with Crippen molar-refractivity contribution in [1.29, 1.82) is 0 Å². The maximum absolute atomic E-state index is 5.59. The molecule has 0 saturated heterocycles. The summed E-state index contributed by atoms with van der Waals surface area (Å²) in [5, 5.41) is 7.76. The van der Waals surface area contributed by atoms with E-state index >= 15 is 0 Å². The highest BCUT2D eigenvalue weighted by molar-refractivity contribution is 7.05. The van der Waals surface area contributed by atoms with Crippen LogP contribution in [0.3, 0.4) is 0 Å². The zero-order chi connectivity index (χ0) is 13.9. The maximum atomic E-state index is 5.59. The molecule has 0 aliphatic carbocycles. The summed E-state index contributed by atoms with van der Waals surface area (Å²) in [7, 11) is 0. The van der Waals surface area contributed by atoms with E-state index in [9.17, 15) is 0 Å². The number of aryl methyl sites for hydroxylation is 1. The molecule has 1 aromatic heterocycles. The van der Waals surface area contributed by atoms with Crippen LogP contribution >= 0.6 is 11.5 Å². The first-order valence-corrected chi connectivity index (χ1v) is 7.84. The molecule has 0 saturated carbocycles. The minimum Gasteiger partial charge on any atom is -0.493 e. The van der Waals surface area contributed by atoms with Crippen LogP contribution in [0.2, 0.25) is 0 Å². The highest BCUT2D eigenvalue weighted by atomic mass is 32.1. The van der Waals surface area contributed by atoms with Crippen molar-refractivity contribution < 1.29 is 4.74 Å². The third-order valence-corrected chi connectivity index (χ3v) is 4.49. The van der Waals surface area contributed by atoms with E-state index in [0.29, 0.717) is 0 Å². The van der Waals surface area contributed by atoms with Crippen molar-refractivity contribution in [1.82, 2.24) is 14.9 Å². The van der Waals surface area contributed by atoms with Gasteiger partial charge in [-0.25, -0.2) is 0 Å². The Kier molecular flexibility index (Phi) is 3.98. The Hall–Kier alpha value is -1.46. The van der Waals surface area contributed by atoms with E-state index in [4.69, 9.17) is 4.74 Å². The minimum atomic E-state index is 0.181. The second kappa shape index (κ2) is 5.89. The number of ether oxygens (including phenoxy) is 1. The average Bonchev–Trinajstić information content (AvgIpc) is 3.08. The van der Waals surface area contributed by atoms with Gasteiger partial charge in [0, 0.05) is 6.42 Å². The third kappa shape index (κ3) is 2.55. The molecule has 1 aliphatic rings. The van der Waals surface area contributed by atoms with Gasteiger partial charge in [-0.05, 0) is 48.6 Å². The second-order valence-electron chi connectivity index (χ2n) is 5.08. The summed E-state index contributed by atoms with van der Waals surface area (Å²) in [6.45, 7) is 5.98. The Morgan fingerprint density at radius 2 is 2.35 bits per heavy atom. The Morgan fingerprint density at radius 1 is 1.45 bits per heavy atom. The van der Waals surface area contributed by atoms with Crippen LogP contribution in [0.5, 0.6) is 5.75 Å². The van der Waals surface area contributed by atoms with Crippen LogP contribution in [-0.2, 0) is 6.42 Å². The molecule has 5 heteroatoms. The number of hydrogen-bond donors (Lipinski definition) is 1. The quantitative estimate of drug-likeness (QED) is 0.919. The largest absolute Gasteiger partial charge is 0.493 e. The van der Waals surface area contributed by atoms with Crippen molar-refractivity contribution in [2.75, 3.05) is 13.2 Å². The fourth-order valence-corrected chi connectivity index (χ4v) is 3.29. The third-order valence-electron chi connectivity index (χ3n) is 3.59. The molecule has 20 heavy (non-hydrogen) atoms. The van der Waals surface area contributed by atoms with Gasteiger partial charge in [0.15, 0.2) is 0 Å². The molecular weight excluding hydrogens is 270 g/mol. The number of aromatic nitrogens is 2. The monoisotopic (exact) mass is 289 g/mol. The Morgan fingerprint density at radius 3 is 3.10 bits per heavy atom. The SMILES string of the molecule is CCCNC(c1ccc2c(c1)CCO2)c1snnc1C. The van der Waals surface area contributed by atoms with E-state index in [1.165, 1.54) is 27.5 Å². The number of fused-ring (bicyclic) bond motifs is 1. The summed E-state index contributed by atoms with van der Waals surface area (Å²) >= 11 is 1.48. The van der Waals surface area contributed by atoms with Crippen molar-refractivity contribution in [3.8, 4) is 5.75 Å². The molecule has 2 aromatic rings. The van der Waals surface area contributed by atoms with Crippen LogP contribution in [0.1, 0.15) is 41.1 Å². The first-order valence-electron chi connectivity index (χ1n) is 7.07. The van der Waals surface area contributed by atoms with Gasteiger partial charge in [0.1, 0.15) is 5.75 Å². The van der Waals surface area contributed by atoms with Gasteiger partial charge >= 0.3 is 0 Å². The van der Waals surface area contributed by atoms with Crippen molar-refractivity contribution in [2.45, 2.75) is 32.7 Å². The average molecular weight is 289 g/mol. The summed E-state index contributed by atoms with van der Waals surface area (Å²) in [6.07, 6.45) is 2.11. The molecule has 1 aromatic carbocycles. The predicted molar refractivity (Wildman–Crippen MR) is 80.4 cm³/mol. The van der Waals surface area contributed by atoms with E-state index in [1.54, 1.807) is 0 Å². The van der Waals surface area contributed by atoms with Gasteiger partial charge in [0.2, 0.25) is 0 Å². The number of nitrogens with one attached hydrogen (secondary N) is 1. The summed E-state index contributed by atoms with van der Waals surface area (Å²) in [4.78, 5) is 1.21. The molecule has 1 aliphatic heterocycles. The lowest BCUT2D eigenvalue weighted by atomic mass is 10.0. The number of hydrogen-bond acceptors (Lipinski definition) is 5. The van der Waals surface area contributed by atoms with Crippen molar-refractivity contribution in [3.63, 3.8) is 0 Å². The molecule has 0 radical (unpaired) electrons. The predicted octanol–water partition coefficient (Wildman–Crippen LogP) is 2.87. The molecule has 3 rings (SSSR count). The molecule has 1 N–H and O–H groups in total. The molecular formula is C15H19N3OS. The maximum Gasteiger partial charge on any atom is 0.122 e. The van der Waals surface area contributed by atoms with E-state index in [2.05, 4.69) is 40.0 Å². The Balaban J connectivity index is 1.94. The number of nitrogens with zero attached hydrogens (tertiary/aromatic N) is 2. The molecule has 0 fully saturated rings. The van der Waals surface area contributed by atoms with Crippen molar-refractivity contribution in [2.24, 2.45) is 0 Å². The van der Waals surface area contributed by atoms with Gasteiger partial charge in [-0.1, -0.05) is 23.5 Å². The van der Waals surface area contributed by atoms with Crippen LogP contribution in [0.4, 0.5) is 0 Å². The van der Waals surface area contributed by atoms with E-state index in [1.807, 2.05) is 6.92 Å². The van der Waals surface area contributed by atoms with E-state index in [0.717, 1.165) is 37.4 Å². The van der Waals surface area contributed by atoms with Gasteiger partial charge < -0.3 is 10.1 Å². The summed E-state index contributed by atoms with van der Waals surface area (Å²) in [5.41, 5.74) is 3.60. The van der Waals surface area contributed by atoms with Crippen LogP contribution in [0, 0.1) is 6.92 Å². The first kappa shape index (κ1) is 13.5. The van der Waals surface area contributed by atoms with Crippen LogP contribution in [0.25, 0.3) is 0 Å². The molecule has 0 bridgehead atoms. The lowest BCUT2D eigenvalue weighted by Crippen LogP contribution is -2.23. The topological polar surface area (TPSA) is 47.0 Å². The molecule has 2 heterocycles. The molecule has 1 unspecified atom stereocenters. The highest BCUT2D eigenvalue weighted by Crippen LogP contribution is 2.32. The lowest BCUT2D eigenvalue weighted by molar-refractivity contribution is 0.357. The molecule has 1 atom stereocenters. The highest BCUT2D eigenvalue weighted by Gasteiger charge is 2.21. The Bertz CT molecular complexity index is 597. The smallest absolute Gasteiger partial charge is 0.122 e. The second-order valence-corrected chi connectivity index (χ2v) is 5.86. The fourth-order valence-electron chi connectivity index (χ4n) is 2.54. The van der Waals surface area contributed by atoms with Gasteiger partial charge in [0.25, 0.3) is 0 Å². The zero-order valence-electron chi connectivity index (χ0n) is 11.8. The van der Waals surface area contributed by atoms with E-state index in [-0.39, 0.29) is 6.04 Å². The first-order chi connectivity index (χ1) is 9.79. The van der Waals surface area contributed by atoms with Crippen molar-refractivity contribution in [3.05, 3.63) is 39.9 Å². The van der Waals surface area contributed by atoms with Crippen LogP contribution in [-0.4, -0.2) is 22.7 Å².